The second-order valence-electron chi connectivity index (χ2n) is 5.99. The molecule has 1 N–H and O–H groups in total. The molecule has 0 aliphatic rings. The molecule has 0 spiro atoms. The lowest BCUT2D eigenvalue weighted by molar-refractivity contribution is -0.141. The predicted molar refractivity (Wildman–Crippen MR) is 74.0 cm³/mol. The molecule has 0 radical (unpaired) electrons. The number of benzene rings is 1. The first-order valence-electron chi connectivity index (χ1n) is 6.58. The summed E-state index contributed by atoms with van der Waals surface area (Å²) in [5.41, 5.74) is -0.761. The molecule has 118 valence electrons. The van der Waals surface area contributed by atoms with Gasteiger partial charge in [0.1, 0.15) is 0 Å². The highest BCUT2D eigenvalue weighted by Crippen LogP contribution is 2.33. The molecule has 21 heavy (non-hydrogen) atoms. The Morgan fingerprint density at radius 3 is 2.29 bits per heavy atom. The second-order valence-corrected chi connectivity index (χ2v) is 5.99. The summed E-state index contributed by atoms with van der Waals surface area (Å²) in [7, 11) is 0. The maximum absolute atomic E-state index is 12.8. The quantitative estimate of drug-likeness (QED) is 0.915. The number of nitrogens with zero attached hydrogens (tertiary/aromatic N) is 1. The molecule has 0 saturated heterocycles. The molecule has 0 aliphatic carbocycles. The molecule has 0 saturated carbocycles. The van der Waals surface area contributed by atoms with Gasteiger partial charge in [-0.05, 0) is 45.4 Å². The molecule has 3 nitrogen and oxygen atoms in total. The van der Waals surface area contributed by atoms with E-state index in [4.69, 9.17) is 5.11 Å². The van der Waals surface area contributed by atoms with Gasteiger partial charge < -0.3 is 5.11 Å². The van der Waals surface area contributed by atoms with Crippen molar-refractivity contribution in [3.63, 3.8) is 0 Å². The largest absolute Gasteiger partial charge is 0.480 e. The Bertz CT molecular complexity index is 506. The van der Waals surface area contributed by atoms with Gasteiger partial charge in [0, 0.05) is 11.6 Å². The van der Waals surface area contributed by atoms with Crippen LogP contribution < -0.4 is 0 Å². The fourth-order valence-electron chi connectivity index (χ4n) is 2.26. The van der Waals surface area contributed by atoms with E-state index in [-0.39, 0.29) is 6.54 Å². The molecule has 0 heterocycles. The van der Waals surface area contributed by atoms with Crippen LogP contribution in [0.2, 0.25) is 0 Å². The van der Waals surface area contributed by atoms with Crippen LogP contribution in [0.3, 0.4) is 0 Å². The highest BCUT2D eigenvalue weighted by molar-refractivity contribution is 5.69. The number of aliphatic carboxylic acids is 1. The predicted octanol–water partition coefficient (Wildman–Crippen LogP) is 3.95. The lowest BCUT2D eigenvalue weighted by Crippen LogP contribution is -2.45. The maximum atomic E-state index is 12.8. The topological polar surface area (TPSA) is 40.5 Å². The Morgan fingerprint density at radius 2 is 1.86 bits per heavy atom. The van der Waals surface area contributed by atoms with E-state index in [0.29, 0.717) is 5.56 Å². The van der Waals surface area contributed by atoms with Crippen molar-refractivity contribution in [2.24, 2.45) is 0 Å². The van der Waals surface area contributed by atoms with Crippen molar-refractivity contribution in [3.05, 3.63) is 35.4 Å². The van der Waals surface area contributed by atoms with Crippen LogP contribution in [0.5, 0.6) is 0 Å². The van der Waals surface area contributed by atoms with Gasteiger partial charge in [0.15, 0.2) is 0 Å². The molecular formula is C15H20F3NO2. The Hall–Kier alpha value is -1.56. The Morgan fingerprint density at radius 1 is 1.29 bits per heavy atom. The minimum atomic E-state index is -4.41. The molecule has 0 aromatic heterocycles. The summed E-state index contributed by atoms with van der Waals surface area (Å²) in [6.45, 7) is 6.98. The van der Waals surface area contributed by atoms with Crippen molar-refractivity contribution < 1.29 is 23.1 Å². The lowest BCUT2D eigenvalue weighted by Gasteiger charge is -2.39. The molecule has 0 amide bonds. The van der Waals surface area contributed by atoms with Crippen molar-refractivity contribution in [1.82, 2.24) is 4.90 Å². The first-order valence-corrected chi connectivity index (χ1v) is 6.58. The number of hydrogen-bond donors (Lipinski definition) is 1. The number of hydrogen-bond acceptors (Lipinski definition) is 2. The van der Waals surface area contributed by atoms with Crippen LogP contribution in [0.4, 0.5) is 13.2 Å². The van der Waals surface area contributed by atoms with E-state index in [0.717, 1.165) is 12.1 Å². The minimum Gasteiger partial charge on any atom is -0.480 e. The van der Waals surface area contributed by atoms with Crippen molar-refractivity contribution in [2.75, 3.05) is 6.54 Å². The van der Waals surface area contributed by atoms with Gasteiger partial charge in [0.25, 0.3) is 0 Å². The molecule has 6 heteroatoms. The molecular weight excluding hydrogens is 283 g/mol. The fourth-order valence-corrected chi connectivity index (χ4v) is 2.26. The van der Waals surface area contributed by atoms with Gasteiger partial charge in [-0.25, -0.2) is 0 Å². The molecule has 1 aromatic rings. The summed E-state index contributed by atoms with van der Waals surface area (Å²) in [6, 6.07) is 4.57. The fraction of sp³-hybridized carbons (Fsp3) is 0.533. The molecule has 0 aliphatic heterocycles. The van der Waals surface area contributed by atoms with Gasteiger partial charge in [0.2, 0.25) is 0 Å². The van der Waals surface area contributed by atoms with Crippen molar-refractivity contribution >= 4 is 5.97 Å². The normalized spacial score (nSPS) is 14.3. The zero-order valence-electron chi connectivity index (χ0n) is 12.5. The van der Waals surface area contributed by atoms with E-state index in [1.54, 1.807) is 17.9 Å². The first-order chi connectivity index (χ1) is 9.43. The third-order valence-electron chi connectivity index (χ3n) is 3.33. The maximum Gasteiger partial charge on any atom is 0.416 e. The van der Waals surface area contributed by atoms with Crippen LogP contribution in [-0.2, 0) is 11.0 Å². The molecule has 1 rings (SSSR count). The van der Waals surface area contributed by atoms with Crippen LogP contribution in [0.15, 0.2) is 24.3 Å². The van der Waals surface area contributed by atoms with E-state index >= 15 is 0 Å². The number of rotatable bonds is 4. The number of carboxylic acids is 1. The van der Waals surface area contributed by atoms with Gasteiger partial charge in [0.05, 0.1) is 12.1 Å². The minimum absolute atomic E-state index is 0.235. The summed E-state index contributed by atoms with van der Waals surface area (Å²) >= 11 is 0. The van der Waals surface area contributed by atoms with Gasteiger partial charge in [-0.3, -0.25) is 9.69 Å². The van der Waals surface area contributed by atoms with E-state index < -0.39 is 29.3 Å². The smallest absolute Gasteiger partial charge is 0.416 e. The summed E-state index contributed by atoms with van der Waals surface area (Å²) in [5.74, 6) is -1.01. The van der Waals surface area contributed by atoms with E-state index in [1.165, 1.54) is 6.07 Å². The second kappa shape index (κ2) is 6.05. The highest BCUT2D eigenvalue weighted by Gasteiger charge is 2.33. The number of carbonyl (C=O) groups is 1. The summed E-state index contributed by atoms with van der Waals surface area (Å²) in [5, 5.41) is 9.01. The van der Waals surface area contributed by atoms with Gasteiger partial charge in [-0.15, -0.1) is 0 Å². The number of alkyl halides is 3. The van der Waals surface area contributed by atoms with E-state index in [2.05, 4.69) is 0 Å². The zero-order chi connectivity index (χ0) is 16.4. The monoisotopic (exact) mass is 303 g/mol. The van der Waals surface area contributed by atoms with Gasteiger partial charge in [-0.1, -0.05) is 12.1 Å². The Kier molecular flexibility index (Phi) is 5.04. The van der Waals surface area contributed by atoms with Crippen LogP contribution in [-0.4, -0.2) is 28.1 Å². The van der Waals surface area contributed by atoms with Crippen LogP contribution >= 0.6 is 0 Å². The third-order valence-corrected chi connectivity index (χ3v) is 3.33. The average Bonchev–Trinajstić information content (AvgIpc) is 2.33. The number of halogens is 3. The van der Waals surface area contributed by atoms with Gasteiger partial charge >= 0.3 is 12.1 Å². The molecule has 1 unspecified atom stereocenters. The van der Waals surface area contributed by atoms with Crippen LogP contribution in [0.1, 0.15) is 44.9 Å². The third kappa shape index (κ3) is 4.74. The van der Waals surface area contributed by atoms with Gasteiger partial charge in [-0.2, -0.15) is 13.2 Å². The van der Waals surface area contributed by atoms with E-state index in [9.17, 15) is 18.0 Å². The summed E-state index contributed by atoms with van der Waals surface area (Å²) in [6.07, 6.45) is -4.41. The van der Waals surface area contributed by atoms with Crippen LogP contribution in [0.25, 0.3) is 0 Å². The van der Waals surface area contributed by atoms with Crippen molar-refractivity contribution in [1.29, 1.82) is 0 Å². The molecule has 1 atom stereocenters. The SMILES string of the molecule is CC(c1cccc(C(F)(F)F)c1)N(CC(=O)O)C(C)(C)C. The van der Waals surface area contributed by atoms with Crippen molar-refractivity contribution in [3.8, 4) is 0 Å². The zero-order valence-corrected chi connectivity index (χ0v) is 12.5. The molecule has 0 bridgehead atoms. The Labute approximate surface area is 122 Å². The van der Waals surface area contributed by atoms with E-state index in [1.807, 2.05) is 20.8 Å². The molecule has 1 aromatic carbocycles. The molecule has 0 fully saturated rings. The first kappa shape index (κ1) is 17.5. The average molecular weight is 303 g/mol. The highest BCUT2D eigenvalue weighted by atomic mass is 19.4. The number of carboxylic acid groups (broad SMARTS) is 1. The summed E-state index contributed by atoms with van der Waals surface area (Å²) < 4.78 is 38.3. The van der Waals surface area contributed by atoms with Crippen LogP contribution in [0, 0.1) is 0 Å². The summed E-state index contributed by atoms with van der Waals surface area (Å²) in [4.78, 5) is 12.7. The standard InChI is InChI=1S/C15H20F3NO2/c1-10(19(9-13(20)21)14(2,3)4)11-6-5-7-12(8-11)15(16,17)18/h5-8,10H,9H2,1-4H3,(H,20,21). The van der Waals surface area contributed by atoms with Crippen molar-refractivity contribution in [2.45, 2.75) is 45.5 Å². The lowest BCUT2D eigenvalue weighted by atomic mass is 9.97. The Balaban J connectivity index is 3.15.